The van der Waals surface area contributed by atoms with E-state index in [-0.39, 0.29) is 0 Å². The summed E-state index contributed by atoms with van der Waals surface area (Å²) in [6, 6.07) is 4.00. The van der Waals surface area contributed by atoms with Crippen molar-refractivity contribution in [2.24, 2.45) is 0 Å². The largest absolute Gasteiger partial charge is 0.264 e. The number of nitrogens with zero attached hydrogens (tertiary/aromatic N) is 2. The molecule has 2 heterocycles. The summed E-state index contributed by atoms with van der Waals surface area (Å²) >= 11 is 0. The molecule has 2 nitrogen and oxygen atoms in total. The molecule has 0 saturated carbocycles. The third kappa shape index (κ3) is 1.87. The predicted molar refractivity (Wildman–Crippen MR) is 66.1 cm³/mol. The molecule has 0 aliphatic heterocycles. The average molecular weight is 210 g/mol. The highest BCUT2D eigenvalue weighted by Gasteiger charge is 2.07. The Bertz CT molecular complexity index is 482. The SMILES string of the molecule is C=C(c1ccncc1C)c1ccncc1C. The number of rotatable bonds is 2. The van der Waals surface area contributed by atoms with Gasteiger partial charge in [-0.1, -0.05) is 6.58 Å². The average Bonchev–Trinajstić information content (AvgIpc) is 2.29. The van der Waals surface area contributed by atoms with Gasteiger partial charge in [-0.15, -0.1) is 0 Å². The zero-order valence-electron chi connectivity index (χ0n) is 9.57. The summed E-state index contributed by atoms with van der Waals surface area (Å²) in [5.74, 6) is 0. The maximum Gasteiger partial charge on any atom is 0.0303 e. The molecule has 0 fully saturated rings. The van der Waals surface area contributed by atoms with Gasteiger partial charge in [0.2, 0.25) is 0 Å². The molecule has 16 heavy (non-hydrogen) atoms. The Morgan fingerprint density at radius 1 is 0.938 bits per heavy atom. The quantitative estimate of drug-likeness (QED) is 0.761. The predicted octanol–water partition coefficient (Wildman–Crippen LogP) is 3.15. The molecule has 80 valence electrons. The van der Waals surface area contributed by atoms with Gasteiger partial charge in [0.25, 0.3) is 0 Å². The highest BCUT2D eigenvalue weighted by molar-refractivity contribution is 5.80. The minimum absolute atomic E-state index is 1.03. The molecule has 2 aromatic rings. The number of hydrogen-bond donors (Lipinski definition) is 0. The van der Waals surface area contributed by atoms with Crippen LogP contribution in [0.3, 0.4) is 0 Å². The first-order valence-corrected chi connectivity index (χ1v) is 5.21. The van der Waals surface area contributed by atoms with Crippen LogP contribution in [0.5, 0.6) is 0 Å². The first-order valence-electron chi connectivity index (χ1n) is 5.21. The molecule has 0 aliphatic rings. The van der Waals surface area contributed by atoms with E-state index in [2.05, 4.69) is 16.5 Å². The third-order valence-corrected chi connectivity index (χ3v) is 2.69. The van der Waals surface area contributed by atoms with E-state index in [1.165, 1.54) is 0 Å². The van der Waals surface area contributed by atoms with E-state index in [4.69, 9.17) is 0 Å². The van der Waals surface area contributed by atoms with Crippen molar-refractivity contribution < 1.29 is 0 Å². The fraction of sp³-hybridized carbons (Fsp3) is 0.143. The van der Waals surface area contributed by atoms with Crippen molar-refractivity contribution in [3.8, 4) is 0 Å². The molecule has 0 saturated heterocycles. The molecule has 2 heteroatoms. The lowest BCUT2D eigenvalue weighted by atomic mass is 9.95. The van der Waals surface area contributed by atoms with Gasteiger partial charge in [-0.05, 0) is 53.8 Å². The lowest BCUT2D eigenvalue weighted by molar-refractivity contribution is 1.23. The van der Waals surface area contributed by atoms with Gasteiger partial charge < -0.3 is 0 Å². The number of hydrogen-bond acceptors (Lipinski definition) is 2. The lowest BCUT2D eigenvalue weighted by Crippen LogP contribution is -1.94. The molecule has 0 N–H and O–H groups in total. The summed E-state index contributed by atoms with van der Waals surface area (Å²) in [6.07, 6.45) is 7.31. The van der Waals surface area contributed by atoms with Crippen molar-refractivity contribution in [2.75, 3.05) is 0 Å². The van der Waals surface area contributed by atoms with Gasteiger partial charge in [0.05, 0.1) is 0 Å². The Morgan fingerprint density at radius 3 is 1.75 bits per heavy atom. The summed E-state index contributed by atoms with van der Waals surface area (Å²) in [5.41, 5.74) is 5.60. The minimum atomic E-state index is 1.03. The summed E-state index contributed by atoms with van der Waals surface area (Å²) in [4.78, 5) is 8.18. The van der Waals surface area contributed by atoms with Gasteiger partial charge in [-0.3, -0.25) is 9.97 Å². The van der Waals surface area contributed by atoms with Crippen molar-refractivity contribution >= 4 is 5.57 Å². The second-order valence-electron chi connectivity index (χ2n) is 3.86. The van der Waals surface area contributed by atoms with Gasteiger partial charge in [0.15, 0.2) is 0 Å². The van der Waals surface area contributed by atoms with Gasteiger partial charge in [-0.25, -0.2) is 0 Å². The van der Waals surface area contributed by atoms with E-state index < -0.39 is 0 Å². The normalized spacial score (nSPS) is 10.1. The van der Waals surface area contributed by atoms with Crippen LogP contribution in [0, 0.1) is 13.8 Å². The van der Waals surface area contributed by atoms with Crippen molar-refractivity contribution in [3.05, 3.63) is 65.8 Å². The summed E-state index contributed by atoms with van der Waals surface area (Å²) < 4.78 is 0. The molecule has 2 rings (SSSR count). The van der Waals surface area contributed by atoms with Gasteiger partial charge in [-0.2, -0.15) is 0 Å². The van der Waals surface area contributed by atoms with Crippen molar-refractivity contribution in [2.45, 2.75) is 13.8 Å². The van der Waals surface area contributed by atoms with E-state index >= 15 is 0 Å². The molecule has 0 aromatic carbocycles. The molecule has 0 radical (unpaired) electrons. The van der Waals surface area contributed by atoms with Crippen LogP contribution in [-0.2, 0) is 0 Å². The molecule has 2 aromatic heterocycles. The van der Waals surface area contributed by atoms with E-state index in [1.807, 2.05) is 38.4 Å². The van der Waals surface area contributed by atoms with E-state index in [0.717, 1.165) is 27.8 Å². The Labute approximate surface area is 95.7 Å². The van der Waals surface area contributed by atoms with Gasteiger partial charge >= 0.3 is 0 Å². The minimum Gasteiger partial charge on any atom is -0.264 e. The first kappa shape index (κ1) is 10.6. The highest BCUT2D eigenvalue weighted by atomic mass is 14.6. The fourth-order valence-corrected chi connectivity index (χ4v) is 1.77. The van der Waals surface area contributed by atoms with E-state index in [0.29, 0.717) is 0 Å². The molecule has 0 unspecified atom stereocenters. The Morgan fingerprint density at radius 2 is 1.38 bits per heavy atom. The smallest absolute Gasteiger partial charge is 0.0303 e. The molecule has 0 amide bonds. The second-order valence-corrected chi connectivity index (χ2v) is 3.86. The van der Waals surface area contributed by atoms with Crippen molar-refractivity contribution in [1.82, 2.24) is 9.97 Å². The van der Waals surface area contributed by atoms with Crippen LogP contribution < -0.4 is 0 Å². The number of aryl methyl sites for hydroxylation is 2. The highest BCUT2D eigenvalue weighted by Crippen LogP contribution is 2.25. The van der Waals surface area contributed by atoms with E-state index in [9.17, 15) is 0 Å². The van der Waals surface area contributed by atoms with Crippen LogP contribution in [-0.4, -0.2) is 9.97 Å². The van der Waals surface area contributed by atoms with Crippen LogP contribution in [0.1, 0.15) is 22.3 Å². The van der Waals surface area contributed by atoms with E-state index in [1.54, 1.807) is 12.4 Å². The third-order valence-electron chi connectivity index (χ3n) is 2.69. The maximum absolute atomic E-state index is 4.16. The fourth-order valence-electron chi connectivity index (χ4n) is 1.77. The first-order chi connectivity index (χ1) is 7.70. The molecule has 0 bridgehead atoms. The van der Waals surface area contributed by atoms with Crippen LogP contribution in [0.25, 0.3) is 5.57 Å². The van der Waals surface area contributed by atoms with Crippen LogP contribution in [0.2, 0.25) is 0 Å². The summed E-state index contributed by atoms with van der Waals surface area (Å²) in [5, 5.41) is 0. The Kier molecular flexibility index (Phi) is 2.82. The zero-order valence-corrected chi connectivity index (χ0v) is 9.57. The van der Waals surface area contributed by atoms with Gasteiger partial charge in [0.1, 0.15) is 0 Å². The standard InChI is InChI=1S/C14H14N2/c1-10-8-15-6-4-13(10)12(3)14-5-7-16-9-11(14)2/h4-9H,3H2,1-2H3. The maximum atomic E-state index is 4.16. The summed E-state index contributed by atoms with van der Waals surface area (Å²) in [7, 11) is 0. The summed E-state index contributed by atoms with van der Waals surface area (Å²) in [6.45, 7) is 8.25. The lowest BCUT2D eigenvalue weighted by Gasteiger charge is -2.10. The Balaban J connectivity index is 2.48. The van der Waals surface area contributed by atoms with Crippen molar-refractivity contribution in [1.29, 1.82) is 0 Å². The number of pyridine rings is 2. The molecule has 0 spiro atoms. The molecular weight excluding hydrogens is 196 g/mol. The topological polar surface area (TPSA) is 25.8 Å². The van der Waals surface area contributed by atoms with Crippen molar-refractivity contribution in [3.63, 3.8) is 0 Å². The molecule has 0 atom stereocenters. The Hall–Kier alpha value is -1.96. The van der Waals surface area contributed by atoms with Gasteiger partial charge in [0, 0.05) is 24.8 Å². The molecular formula is C14H14N2. The zero-order chi connectivity index (χ0) is 11.5. The number of aromatic nitrogens is 2. The van der Waals surface area contributed by atoms with Crippen LogP contribution in [0.15, 0.2) is 43.5 Å². The second kappa shape index (κ2) is 4.27. The van der Waals surface area contributed by atoms with Crippen LogP contribution in [0.4, 0.5) is 0 Å². The molecule has 0 aliphatic carbocycles. The van der Waals surface area contributed by atoms with Crippen LogP contribution >= 0.6 is 0 Å². The monoisotopic (exact) mass is 210 g/mol.